The molecule has 2 aromatic rings. The summed E-state index contributed by atoms with van der Waals surface area (Å²) in [6.45, 7) is 0. The number of halogens is 5. The van der Waals surface area contributed by atoms with Gasteiger partial charge in [0.1, 0.15) is 16.6 Å². The molecule has 2 nitrogen and oxygen atoms in total. The van der Waals surface area contributed by atoms with Gasteiger partial charge in [0, 0.05) is 12.3 Å². The van der Waals surface area contributed by atoms with E-state index in [1.54, 1.807) is 22.9 Å². The second kappa shape index (κ2) is 5.40. The second-order valence-corrected chi connectivity index (χ2v) is 5.29. The van der Waals surface area contributed by atoms with Gasteiger partial charge in [-0.25, -0.2) is 0 Å². The van der Waals surface area contributed by atoms with Crippen LogP contribution in [0.5, 0.6) is 5.75 Å². The summed E-state index contributed by atoms with van der Waals surface area (Å²) in [5, 5.41) is 1.50. The van der Waals surface area contributed by atoms with Gasteiger partial charge in [0.05, 0.1) is 27.2 Å². The highest BCUT2D eigenvalue weighted by Crippen LogP contribution is 2.43. The Balaban J connectivity index is 2.78. The highest BCUT2D eigenvalue weighted by atomic mass is 35.5. The Morgan fingerprint density at radius 2 is 1.67 bits per heavy atom. The largest absolute Gasteiger partial charge is 0.494 e. The fourth-order valence-corrected chi connectivity index (χ4v) is 2.53. The van der Waals surface area contributed by atoms with E-state index in [0.29, 0.717) is 26.6 Å². The Labute approximate surface area is 129 Å². The molecule has 7 heteroatoms. The average molecular weight is 345 g/mol. The van der Waals surface area contributed by atoms with E-state index in [-0.39, 0.29) is 10.0 Å². The first-order valence-corrected chi connectivity index (χ1v) is 6.60. The van der Waals surface area contributed by atoms with Crippen LogP contribution in [0.4, 0.5) is 0 Å². The second-order valence-electron chi connectivity index (χ2n) is 3.36. The lowest BCUT2D eigenvalue weighted by molar-refractivity contribution is 0.413. The van der Waals surface area contributed by atoms with Crippen LogP contribution in [-0.2, 0) is 0 Å². The van der Waals surface area contributed by atoms with E-state index in [4.69, 9.17) is 62.7 Å². The van der Waals surface area contributed by atoms with Crippen molar-refractivity contribution in [2.24, 2.45) is 0 Å². The molecule has 0 amide bonds. The standard InChI is InChI=1S/C11H6Cl5NO/c1-18-7-4-6(13)8(14)9(15)10(7)17-3-2-5(12)11(17)16/h2-4H,1H3. The van der Waals surface area contributed by atoms with Crippen molar-refractivity contribution in [3.63, 3.8) is 0 Å². The molecule has 1 heterocycles. The van der Waals surface area contributed by atoms with Crippen molar-refractivity contribution in [3.05, 3.63) is 43.6 Å². The first-order chi connectivity index (χ1) is 8.47. The summed E-state index contributed by atoms with van der Waals surface area (Å²) in [6.07, 6.45) is 1.67. The Kier molecular flexibility index (Phi) is 4.25. The zero-order valence-corrected chi connectivity index (χ0v) is 12.8. The zero-order chi connectivity index (χ0) is 13.4. The lowest BCUT2D eigenvalue weighted by atomic mass is 10.3. The van der Waals surface area contributed by atoms with Crippen LogP contribution in [0, 0.1) is 0 Å². The number of hydrogen-bond donors (Lipinski definition) is 0. The number of methoxy groups -OCH3 is 1. The molecule has 0 aliphatic rings. The zero-order valence-electron chi connectivity index (χ0n) is 8.98. The molecule has 0 bridgehead atoms. The Morgan fingerprint density at radius 3 is 2.17 bits per heavy atom. The normalized spacial score (nSPS) is 10.8. The van der Waals surface area contributed by atoms with Gasteiger partial charge in [-0.15, -0.1) is 0 Å². The molecule has 0 spiro atoms. The van der Waals surface area contributed by atoms with Crippen LogP contribution in [0.3, 0.4) is 0 Å². The molecular formula is C11H6Cl5NO. The molecule has 96 valence electrons. The number of ether oxygens (including phenoxy) is 1. The molecule has 1 aromatic carbocycles. The maximum absolute atomic E-state index is 6.18. The third kappa shape index (κ3) is 2.28. The fraction of sp³-hybridized carbons (Fsp3) is 0.0909. The molecule has 0 saturated carbocycles. The number of hydrogen-bond acceptors (Lipinski definition) is 1. The molecule has 2 rings (SSSR count). The molecule has 0 N–H and O–H groups in total. The van der Waals surface area contributed by atoms with Crippen molar-refractivity contribution >= 4 is 58.0 Å². The third-order valence-electron chi connectivity index (χ3n) is 2.34. The van der Waals surface area contributed by atoms with Gasteiger partial charge in [-0.1, -0.05) is 58.0 Å². The SMILES string of the molecule is COc1cc(Cl)c(Cl)c(Cl)c1-n1ccc(Cl)c1Cl. The highest BCUT2D eigenvalue weighted by Gasteiger charge is 2.19. The molecule has 18 heavy (non-hydrogen) atoms. The molecule has 1 aromatic heterocycles. The van der Waals surface area contributed by atoms with E-state index in [1.807, 2.05) is 0 Å². The van der Waals surface area contributed by atoms with E-state index in [9.17, 15) is 0 Å². The number of aromatic nitrogens is 1. The van der Waals surface area contributed by atoms with Crippen LogP contribution < -0.4 is 4.74 Å². The number of benzene rings is 1. The molecule has 0 saturated heterocycles. The van der Waals surface area contributed by atoms with Crippen LogP contribution in [-0.4, -0.2) is 11.7 Å². The van der Waals surface area contributed by atoms with Crippen molar-refractivity contribution in [3.8, 4) is 11.4 Å². The fourth-order valence-electron chi connectivity index (χ4n) is 1.51. The van der Waals surface area contributed by atoms with E-state index >= 15 is 0 Å². The Hall–Kier alpha value is -0.250. The van der Waals surface area contributed by atoms with Crippen LogP contribution in [0.2, 0.25) is 25.2 Å². The van der Waals surface area contributed by atoms with Gasteiger partial charge in [0.2, 0.25) is 0 Å². The number of rotatable bonds is 2. The van der Waals surface area contributed by atoms with Gasteiger partial charge in [-0.05, 0) is 6.07 Å². The van der Waals surface area contributed by atoms with Crippen LogP contribution >= 0.6 is 58.0 Å². The summed E-state index contributed by atoms with van der Waals surface area (Å²) in [5.41, 5.74) is 0.491. The van der Waals surface area contributed by atoms with Gasteiger partial charge >= 0.3 is 0 Å². The lowest BCUT2D eigenvalue weighted by Crippen LogP contribution is -1.99. The molecule has 0 radical (unpaired) electrons. The summed E-state index contributed by atoms with van der Waals surface area (Å²) in [7, 11) is 1.50. The molecule has 0 atom stereocenters. The summed E-state index contributed by atoms with van der Waals surface area (Å²) in [5.74, 6) is 0.448. The Morgan fingerprint density at radius 1 is 1.00 bits per heavy atom. The topological polar surface area (TPSA) is 14.2 Å². The predicted molar refractivity (Wildman–Crippen MR) is 77.4 cm³/mol. The van der Waals surface area contributed by atoms with Gasteiger partial charge in [0.25, 0.3) is 0 Å². The first-order valence-electron chi connectivity index (χ1n) is 4.71. The van der Waals surface area contributed by atoms with E-state index in [2.05, 4.69) is 0 Å². The van der Waals surface area contributed by atoms with Crippen molar-refractivity contribution in [1.82, 2.24) is 4.57 Å². The van der Waals surface area contributed by atoms with Crippen molar-refractivity contribution in [2.45, 2.75) is 0 Å². The van der Waals surface area contributed by atoms with Crippen LogP contribution in [0.15, 0.2) is 18.3 Å². The summed E-state index contributed by atoms with van der Waals surface area (Å²) < 4.78 is 6.81. The third-order valence-corrected chi connectivity index (χ3v) is 4.38. The van der Waals surface area contributed by atoms with E-state index in [0.717, 1.165) is 0 Å². The summed E-state index contributed by atoms with van der Waals surface area (Å²) in [4.78, 5) is 0. The van der Waals surface area contributed by atoms with Crippen LogP contribution in [0.25, 0.3) is 5.69 Å². The van der Waals surface area contributed by atoms with Crippen molar-refractivity contribution < 1.29 is 4.74 Å². The molecule has 0 aliphatic heterocycles. The maximum atomic E-state index is 6.18. The minimum atomic E-state index is 0.232. The van der Waals surface area contributed by atoms with Gasteiger partial charge < -0.3 is 9.30 Å². The minimum Gasteiger partial charge on any atom is -0.494 e. The van der Waals surface area contributed by atoms with E-state index in [1.165, 1.54) is 7.11 Å². The predicted octanol–water partition coefficient (Wildman–Crippen LogP) is 5.75. The summed E-state index contributed by atoms with van der Waals surface area (Å²) >= 11 is 30.1. The van der Waals surface area contributed by atoms with Gasteiger partial charge in [-0.3, -0.25) is 0 Å². The number of nitrogens with zero attached hydrogens (tertiary/aromatic N) is 1. The summed E-state index contributed by atoms with van der Waals surface area (Å²) in [6, 6.07) is 3.21. The average Bonchev–Trinajstić information content (AvgIpc) is 2.67. The maximum Gasteiger partial charge on any atom is 0.146 e. The molecule has 0 fully saturated rings. The molecule has 0 unspecified atom stereocenters. The van der Waals surface area contributed by atoms with Crippen molar-refractivity contribution in [2.75, 3.05) is 7.11 Å². The quantitative estimate of drug-likeness (QED) is 0.632. The van der Waals surface area contributed by atoms with Gasteiger partial charge in [-0.2, -0.15) is 0 Å². The van der Waals surface area contributed by atoms with Crippen molar-refractivity contribution in [1.29, 1.82) is 0 Å². The van der Waals surface area contributed by atoms with Gasteiger partial charge in [0.15, 0.2) is 0 Å². The smallest absolute Gasteiger partial charge is 0.146 e. The molecule has 0 aliphatic carbocycles. The Bertz CT molecular complexity index is 608. The highest BCUT2D eigenvalue weighted by molar-refractivity contribution is 6.49. The monoisotopic (exact) mass is 343 g/mol. The van der Waals surface area contributed by atoms with Crippen LogP contribution in [0.1, 0.15) is 0 Å². The lowest BCUT2D eigenvalue weighted by Gasteiger charge is -2.14. The van der Waals surface area contributed by atoms with E-state index < -0.39 is 0 Å². The minimum absolute atomic E-state index is 0.232. The first kappa shape index (κ1) is 14.2. The molecular weight excluding hydrogens is 339 g/mol.